The van der Waals surface area contributed by atoms with Gasteiger partial charge in [-0.05, 0) is 43.7 Å². The van der Waals surface area contributed by atoms with Gasteiger partial charge in [-0.1, -0.05) is 41.4 Å². The summed E-state index contributed by atoms with van der Waals surface area (Å²) in [6, 6.07) is 13.0. The van der Waals surface area contributed by atoms with Gasteiger partial charge in [-0.25, -0.2) is 8.42 Å². The Hall–Kier alpha value is -2.58. The molecule has 2 amide bonds. The first-order valence-electron chi connectivity index (χ1n) is 9.33. The fraction of sp³-hybridized carbons (Fsp3) is 0.333. The van der Waals surface area contributed by atoms with Gasteiger partial charge >= 0.3 is 0 Å². The normalized spacial score (nSPS) is 12.2. The highest BCUT2D eigenvalue weighted by molar-refractivity contribution is 7.92. The first-order valence-corrected chi connectivity index (χ1v) is 11.6. The number of carbonyl (C=O) groups is 2. The number of benzene rings is 2. The minimum atomic E-state index is -3.75. The molecule has 0 aliphatic heterocycles. The highest BCUT2D eigenvalue weighted by atomic mass is 35.5. The Morgan fingerprint density at radius 2 is 1.63 bits per heavy atom. The number of aryl methyl sites for hydroxylation is 1. The van der Waals surface area contributed by atoms with Gasteiger partial charge in [-0.2, -0.15) is 0 Å². The summed E-state index contributed by atoms with van der Waals surface area (Å²) in [4.78, 5) is 26.8. The van der Waals surface area contributed by atoms with Gasteiger partial charge in [0.1, 0.15) is 12.6 Å². The summed E-state index contributed by atoms with van der Waals surface area (Å²) < 4.78 is 25.8. The lowest BCUT2D eigenvalue weighted by molar-refractivity contribution is -0.139. The van der Waals surface area contributed by atoms with E-state index < -0.39 is 28.5 Å². The van der Waals surface area contributed by atoms with Crippen LogP contribution in [-0.2, 0) is 26.2 Å². The summed E-state index contributed by atoms with van der Waals surface area (Å²) in [5, 5.41) is 2.99. The number of likely N-dealkylation sites (N-methyl/N-ethyl adjacent to an activating group) is 1. The number of hydrogen-bond donors (Lipinski definition) is 1. The van der Waals surface area contributed by atoms with Crippen molar-refractivity contribution in [1.29, 1.82) is 0 Å². The lowest BCUT2D eigenvalue weighted by Gasteiger charge is -2.31. The van der Waals surface area contributed by atoms with E-state index in [0.717, 1.165) is 21.7 Å². The second-order valence-electron chi connectivity index (χ2n) is 7.04. The molecule has 2 aromatic carbocycles. The Kier molecular flexibility index (Phi) is 7.86. The monoisotopic (exact) mass is 451 g/mol. The molecule has 2 aromatic rings. The van der Waals surface area contributed by atoms with E-state index in [-0.39, 0.29) is 12.5 Å². The number of nitrogens with zero attached hydrogens (tertiary/aromatic N) is 2. The van der Waals surface area contributed by atoms with E-state index in [1.54, 1.807) is 19.1 Å². The Labute approximate surface area is 182 Å². The fourth-order valence-electron chi connectivity index (χ4n) is 2.90. The minimum absolute atomic E-state index is 0.173. The summed E-state index contributed by atoms with van der Waals surface area (Å²) in [6.07, 6.45) is 1.03. The SMILES string of the molecule is CNC(=O)C(C)N(Cc1ccc(C)cc1)C(=O)CN(c1ccc(Cl)cc1)S(C)(=O)=O. The lowest BCUT2D eigenvalue weighted by atomic mass is 10.1. The smallest absolute Gasteiger partial charge is 0.244 e. The molecule has 0 aliphatic carbocycles. The minimum Gasteiger partial charge on any atom is -0.357 e. The van der Waals surface area contributed by atoms with Crippen LogP contribution < -0.4 is 9.62 Å². The molecule has 0 spiro atoms. The Morgan fingerprint density at radius 3 is 2.13 bits per heavy atom. The quantitative estimate of drug-likeness (QED) is 0.668. The Morgan fingerprint density at radius 1 is 1.07 bits per heavy atom. The van der Waals surface area contributed by atoms with E-state index in [0.29, 0.717) is 10.7 Å². The van der Waals surface area contributed by atoms with Gasteiger partial charge < -0.3 is 10.2 Å². The number of amides is 2. The van der Waals surface area contributed by atoms with Crippen molar-refractivity contribution in [2.45, 2.75) is 26.4 Å². The van der Waals surface area contributed by atoms with Crippen LogP contribution in [0, 0.1) is 6.92 Å². The van der Waals surface area contributed by atoms with Gasteiger partial charge in [-0.3, -0.25) is 13.9 Å². The third kappa shape index (κ3) is 6.21. The molecule has 9 heteroatoms. The van der Waals surface area contributed by atoms with Crippen molar-refractivity contribution in [3.05, 3.63) is 64.7 Å². The van der Waals surface area contributed by atoms with Crippen molar-refractivity contribution >= 4 is 39.1 Å². The lowest BCUT2D eigenvalue weighted by Crippen LogP contribution is -2.50. The van der Waals surface area contributed by atoms with Gasteiger partial charge in [0.05, 0.1) is 11.9 Å². The highest BCUT2D eigenvalue weighted by Crippen LogP contribution is 2.21. The molecular weight excluding hydrogens is 426 g/mol. The second kappa shape index (κ2) is 9.95. The van der Waals surface area contributed by atoms with Crippen LogP contribution in [0.15, 0.2) is 48.5 Å². The van der Waals surface area contributed by atoms with Crippen molar-refractivity contribution in [3.63, 3.8) is 0 Å². The van der Waals surface area contributed by atoms with E-state index in [9.17, 15) is 18.0 Å². The molecule has 7 nitrogen and oxygen atoms in total. The predicted molar refractivity (Wildman–Crippen MR) is 119 cm³/mol. The zero-order valence-electron chi connectivity index (χ0n) is 17.4. The zero-order chi connectivity index (χ0) is 22.5. The molecule has 0 saturated carbocycles. The number of hydrogen-bond acceptors (Lipinski definition) is 4. The topological polar surface area (TPSA) is 86.8 Å². The Bertz CT molecular complexity index is 992. The Balaban J connectivity index is 2.35. The third-order valence-corrected chi connectivity index (χ3v) is 6.07. The molecule has 0 bridgehead atoms. The molecule has 162 valence electrons. The molecule has 30 heavy (non-hydrogen) atoms. The molecule has 2 rings (SSSR count). The van der Waals surface area contributed by atoms with Gasteiger partial charge in [0.25, 0.3) is 0 Å². The summed E-state index contributed by atoms with van der Waals surface area (Å²) in [6.45, 7) is 3.30. The average Bonchev–Trinajstić information content (AvgIpc) is 2.70. The van der Waals surface area contributed by atoms with Crippen molar-refractivity contribution in [2.24, 2.45) is 0 Å². The molecule has 1 atom stereocenters. The van der Waals surface area contributed by atoms with Crippen LogP contribution in [0.4, 0.5) is 5.69 Å². The molecule has 0 saturated heterocycles. The van der Waals surface area contributed by atoms with Crippen molar-refractivity contribution in [1.82, 2.24) is 10.2 Å². The van der Waals surface area contributed by atoms with E-state index in [1.165, 1.54) is 24.1 Å². The summed E-state index contributed by atoms with van der Waals surface area (Å²) in [7, 11) is -2.26. The van der Waals surface area contributed by atoms with Crippen LogP contribution in [-0.4, -0.2) is 51.0 Å². The average molecular weight is 452 g/mol. The molecule has 1 unspecified atom stereocenters. The largest absolute Gasteiger partial charge is 0.357 e. The van der Waals surface area contributed by atoms with Crippen LogP contribution in [0.3, 0.4) is 0 Å². The maximum atomic E-state index is 13.2. The second-order valence-corrected chi connectivity index (χ2v) is 9.39. The maximum Gasteiger partial charge on any atom is 0.244 e. The zero-order valence-corrected chi connectivity index (χ0v) is 19.0. The summed E-state index contributed by atoms with van der Waals surface area (Å²) in [5.41, 5.74) is 2.22. The van der Waals surface area contributed by atoms with E-state index in [4.69, 9.17) is 11.6 Å². The fourth-order valence-corrected chi connectivity index (χ4v) is 3.88. The molecule has 0 aromatic heterocycles. The predicted octanol–water partition coefficient (Wildman–Crippen LogP) is 2.58. The standard InChI is InChI=1S/C21H26ClN3O4S/c1-15-5-7-17(8-6-15)13-24(16(2)21(27)23-3)20(26)14-25(30(4,28)29)19-11-9-18(22)10-12-19/h5-12,16H,13-14H2,1-4H3,(H,23,27). The van der Waals surface area contributed by atoms with E-state index in [2.05, 4.69) is 5.32 Å². The summed E-state index contributed by atoms with van der Waals surface area (Å²) in [5.74, 6) is -0.833. The van der Waals surface area contributed by atoms with Crippen LogP contribution >= 0.6 is 11.6 Å². The van der Waals surface area contributed by atoms with Gasteiger partial charge in [0, 0.05) is 18.6 Å². The molecule has 0 aliphatic rings. The van der Waals surface area contributed by atoms with Gasteiger partial charge in [0.15, 0.2) is 0 Å². The highest BCUT2D eigenvalue weighted by Gasteiger charge is 2.29. The van der Waals surface area contributed by atoms with Crippen molar-refractivity contribution in [2.75, 3.05) is 24.2 Å². The first kappa shape index (κ1) is 23.7. The first-order chi connectivity index (χ1) is 14.0. The van der Waals surface area contributed by atoms with E-state index >= 15 is 0 Å². The maximum absolute atomic E-state index is 13.2. The van der Waals surface area contributed by atoms with Gasteiger partial charge in [-0.15, -0.1) is 0 Å². The van der Waals surface area contributed by atoms with Crippen LogP contribution in [0.2, 0.25) is 5.02 Å². The number of halogens is 1. The summed E-state index contributed by atoms with van der Waals surface area (Å²) >= 11 is 5.89. The number of anilines is 1. The van der Waals surface area contributed by atoms with Crippen LogP contribution in [0.25, 0.3) is 0 Å². The number of carbonyl (C=O) groups excluding carboxylic acids is 2. The molecule has 0 radical (unpaired) electrons. The number of rotatable bonds is 8. The van der Waals surface area contributed by atoms with Crippen molar-refractivity contribution < 1.29 is 18.0 Å². The molecule has 0 heterocycles. The van der Waals surface area contributed by atoms with Gasteiger partial charge in [0.2, 0.25) is 21.8 Å². The van der Waals surface area contributed by atoms with E-state index in [1.807, 2.05) is 31.2 Å². The molecule has 0 fully saturated rings. The number of sulfonamides is 1. The van der Waals surface area contributed by atoms with Crippen LogP contribution in [0.1, 0.15) is 18.1 Å². The molecular formula is C21H26ClN3O4S. The third-order valence-electron chi connectivity index (χ3n) is 4.68. The van der Waals surface area contributed by atoms with Crippen molar-refractivity contribution in [3.8, 4) is 0 Å². The van der Waals surface area contributed by atoms with Crippen LogP contribution in [0.5, 0.6) is 0 Å². The molecule has 1 N–H and O–H groups in total. The number of nitrogens with one attached hydrogen (secondary N) is 1.